The number of rotatable bonds is 6. The van der Waals surface area contributed by atoms with Crippen LogP contribution in [0.2, 0.25) is 0 Å². The highest BCUT2D eigenvalue weighted by Crippen LogP contribution is 2.33. The number of anilines is 2. The van der Waals surface area contributed by atoms with E-state index in [4.69, 9.17) is 9.47 Å². The molecule has 0 unspecified atom stereocenters. The highest BCUT2D eigenvalue weighted by Gasteiger charge is 2.25. The molecule has 0 aliphatic carbocycles. The van der Waals surface area contributed by atoms with E-state index in [1.54, 1.807) is 31.2 Å². The van der Waals surface area contributed by atoms with Gasteiger partial charge in [0, 0.05) is 23.6 Å². The maximum Gasteiger partial charge on any atom is 0.342 e. The Hall–Kier alpha value is -2.87. The molecular formula is C19H22N2O5S. The third-order valence-corrected chi connectivity index (χ3v) is 4.99. The van der Waals surface area contributed by atoms with Gasteiger partial charge in [-0.25, -0.2) is 4.79 Å². The van der Waals surface area contributed by atoms with E-state index in [-0.39, 0.29) is 11.5 Å². The molecule has 8 heteroatoms. The van der Waals surface area contributed by atoms with Crippen molar-refractivity contribution in [2.24, 2.45) is 0 Å². The summed E-state index contributed by atoms with van der Waals surface area (Å²) >= 11 is 1.29. The lowest BCUT2D eigenvalue weighted by atomic mass is 10.1. The summed E-state index contributed by atoms with van der Waals surface area (Å²) in [6.07, 6.45) is -1.02. The monoisotopic (exact) mass is 390 g/mol. The third kappa shape index (κ3) is 5.07. The minimum Gasteiger partial charge on any atom is -0.497 e. The van der Waals surface area contributed by atoms with E-state index >= 15 is 0 Å². The van der Waals surface area contributed by atoms with Gasteiger partial charge in [-0.3, -0.25) is 9.59 Å². The van der Waals surface area contributed by atoms with Crippen LogP contribution in [0, 0.1) is 13.8 Å². The zero-order valence-corrected chi connectivity index (χ0v) is 16.7. The number of amides is 2. The molecule has 27 heavy (non-hydrogen) atoms. The number of carbonyl (C=O) groups is 3. The molecule has 144 valence electrons. The maximum absolute atomic E-state index is 12.6. The number of hydrogen-bond donors (Lipinski definition) is 2. The first kappa shape index (κ1) is 20.4. The molecule has 2 N–H and O–H groups in total. The number of aryl methyl sites for hydroxylation is 1. The maximum atomic E-state index is 12.6. The van der Waals surface area contributed by atoms with Gasteiger partial charge >= 0.3 is 5.97 Å². The van der Waals surface area contributed by atoms with Crippen molar-refractivity contribution < 1.29 is 23.9 Å². The topological polar surface area (TPSA) is 93.7 Å². The van der Waals surface area contributed by atoms with Crippen molar-refractivity contribution in [2.45, 2.75) is 33.8 Å². The van der Waals surface area contributed by atoms with E-state index in [9.17, 15) is 14.4 Å². The third-order valence-electron chi connectivity index (χ3n) is 3.87. The van der Waals surface area contributed by atoms with E-state index in [1.807, 2.05) is 6.92 Å². The molecule has 2 amide bonds. The van der Waals surface area contributed by atoms with Crippen molar-refractivity contribution in [3.8, 4) is 5.75 Å². The Labute approximate surface area is 161 Å². The summed E-state index contributed by atoms with van der Waals surface area (Å²) in [6, 6.07) is 6.86. The standard InChI is InChI=1S/C19H22N2O5S/c1-10-12(3)27-18(20-13(4)22)16(10)19(24)26-11(2)17(23)21-14-7-6-8-15(9-14)25-5/h6-9,11H,1-5H3,(H,20,22)(H,21,23)/t11-/m1/s1. The Bertz CT molecular complexity index is 875. The van der Waals surface area contributed by atoms with E-state index in [2.05, 4.69) is 10.6 Å². The fourth-order valence-electron chi connectivity index (χ4n) is 2.34. The molecule has 2 aromatic rings. The van der Waals surface area contributed by atoms with E-state index in [0.717, 1.165) is 4.88 Å². The molecule has 1 heterocycles. The van der Waals surface area contributed by atoms with Crippen LogP contribution in [0.4, 0.5) is 10.7 Å². The summed E-state index contributed by atoms with van der Waals surface area (Å²) in [5.41, 5.74) is 1.52. The molecule has 0 saturated heterocycles. The highest BCUT2D eigenvalue weighted by molar-refractivity contribution is 7.16. The van der Waals surface area contributed by atoms with Gasteiger partial charge in [-0.2, -0.15) is 0 Å². The fraction of sp³-hybridized carbons (Fsp3) is 0.316. The first-order chi connectivity index (χ1) is 12.7. The number of carbonyl (C=O) groups excluding carboxylic acids is 3. The zero-order valence-electron chi connectivity index (χ0n) is 15.8. The number of thiophene rings is 1. The molecule has 0 bridgehead atoms. The summed E-state index contributed by atoms with van der Waals surface area (Å²) in [6.45, 7) is 6.47. The van der Waals surface area contributed by atoms with Gasteiger partial charge in [0.25, 0.3) is 5.91 Å². The first-order valence-electron chi connectivity index (χ1n) is 8.26. The lowest BCUT2D eigenvalue weighted by molar-refractivity contribution is -0.123. The number of methoxy groups -OCH3 is 1. The van der Waals surface area contributed by atoms with Crippen LogP contribution in [0.15, 0.2) is 24.3 Å². The molecule has 0 aliphatic heterocycles. The second-order valence-corrected chi connectivity index (χ2v) is 7.16. The number of ether oxygens (including phenoxy) is 2. The summed E-state index contributed by atoms with van der Waals surface area (Å²) in [4.78, 5) is 37.2. The van der Waals surface area contributed by atoms with Crippen molar-refractivity contribution in [3.05, 3.63) is 40.3 Å². The molecule has 2 rings (SSSR count). The Morgan fingerprint density at radius 1 is 1.15 bits per heavy atom. The van der Waals surface area contributed by atoms with E-state index in [1.165, 1.54) is 32.3 Å². The quantitative estimate of drug-likeness (QED) is 0.736. The number of esters is 1. The second-order valence-electron chi connectivity index (χ2n) is 5.94. The molecule has 1 atom stereocenters. The fourth-order valence-corrected chi connectivity index (χ4v) is 3.43. The Morgan fingerprint density at radius 2 is 1.85 bits per heavy atom. The van der Waals surface area contributed by atoms with Gasteiger partial charge in [0.05, 0.1) is 12.7 Å². The van der Waals surface area contributed by atoms with Gasteiger partial charge in [-0.15, -0.1) is 11.3 Å². The van der Waals surface area contributed by atoms with Crippen molar-refractivity contribution in [1.82, 2.24) is 0 Å². The minimum atomic E-state index is -1.02. The molecule has 1 aromatic carbocycles. The van der Waals surface area contributed by atoms with E-state index < -0.39 is 18.0 Å². The lowest BCUT2D eigenvalue weighted by Gasteiger charge is -2.14. The summed E-state index contributed by atoms with van der Waals surface area (Å²) < 4.78 is 10.4. The van der Waals surface area contributed by atoms with Gasteiger partial charge in [0.15, 0.2) is 6.10 Å². The van der Waals surface area contributed by atoms with Crippen LogP contribution >= 0.6 is 11.3 Å². The zero-order chi connectivity index (χ0) is 20.1. The minimum absolute atomic E-state index is 0.272. The van der Waals surface area contributed by atoms with Crippen molar-refractivity contribution >= 4 is 39.8 Å². The van der Waals surface area contributed by atoms with Gasteiger partial charge in [0.1, 0.15) is 10.8 Å². The summed E-state index contributed by atoms with van der Waals surface area (Å²) in [7, 11) is 1.53. The summed E-state index contributed by atoms with van der Waals surface area (Å²) in [5.74, 6) is -0.813. The molecule has 0 saturated carbocycles. The van der Waals surface area contributed by atoms with Crippen LogP contribution in [0.5, 0.6) is 5.75 Å². The van der Waals surface area contributed by atoms with Crippen LogP contribution in [0.3, 0.4) is 0 Å². The Balaban J connectivity index is 2.10. The number of benzene rings is 1. The summed E-state index contributed by atoms with van der Waals surface area (Å²) in [5, 5.41) is 5.73. The first-order valence-corrected chi connectivity index (χ1v) is 9.08. The Kier molecular flexibility index (Phi) is 6.57. The molecule has 0 aliphatic rings. The van der Waals surface area contributed by atoms with Crippen molar-refractivity contribution in [3.63, 3.8) is 0 Å². The van der Waals surface area contributed by atoms with Gasteiger partial charge in [-0.1, -0.05) is 6.07 Å². The predicted octanol–water partition coefficient (Wildman–Crippen LogP) is 3.52. The predicted molar refractivity (Wildman–Crippen MR) is 105 cm³/mol. The molecular weight excluding hydrogens is 368 g/mol. The van der Waals surface area contributed by atoms with E-state index in [0.29, 0.717) is 22.0 Å². The number of hydrogen-bond acceptors (Lipinski definition) is 6. The SMILES string of the molecule is COc1cccc(NC(=O)[C@@H](C)OC(=O)c2c(NC(C)=O)sc(C)c2C)c1. The number of nitrogens with one attached hydrogen (secondary N) is 2. The largest absolute Gasteiger partial charge is 0.497 e. The smallest absolute Gasteiger partial charge is 0.342 e. The van der Waals surface area contributed by atoms with Crippen LogP contribution in [-0.2, 0) is 14.3 Å². The van der Waals surface area contributed by atoms with Crippen LogP contribution < -0.4 is 15.4 Å². The van der Waals surface area contributed by atoms with Gasteiger partial charge < -0.3 is 20.1 Å². The molecule has 7 nitrogen and oxygen atoms in total. The normalized spacial score (nSPS) is 11.4. The van der Waals surface area contributed by atoms with Crippen molar-refractivity contribution in [1.29, 1.82) is 0 Å². The van der Waals surface area contributed by atoms with Crippen molar-refractivity contribution in [2.75, 3.05) is 17.7 Å². The van der Waals surface area contributed by atoms with Gasteiger partial charge in [-0.05, 0) is 38.5 Å². The van der Waals surface area contributed by atoms with Crippen LogP contribution in [0.1, 0.15) is 34.6 Å². The average molecular weight is 390 g/mol. The Morgan fingerprint density at radius 3 is 2.48 bits per heavy atom. The van der Waals surface area contributed by atoms with Crippen LogP contribution in [0.25, 0.3) is 0 Å². The highest BCUT2D eigenvalue weighted by atomic mass is 32.1. The average Bonchev–Trinajstić information content (AvgIpc) is 2.88. The lowest BCUT2D eigenvalue weighted by Crippen LogP contribution is -2.30. The molecule has 0 spiro atoms. The second kappa shape index (κ2) is 8.68. The molecule has 0 radical (unpaired) electrons. The molecule has 1 aromatic heterocycles. The van der Waals surface area contributed by atoms with Crippen LogP contribution in [-0.4, -0.2) is 31.0 Å². The van der Waals surface area contributed by atoms with Gasteiger partial charge in [0.2, 0.25) is 5.91 Å². The molecule has 0 fully saturated rings.